The Labute approximate surface area is 142 Å². The predicted molar refractivity (Wildman–Crippen MR) is 93.7 cm³/mol. The van der Waals surface area contributed by atoms with Crippen LogP contribution in [0.5, 0.6) is 5.75 Å². The fraction of sp³-hybridized carbons (Fsp3) is 0.500. The molecule has 0 saturated heterocycles. The number of hydrogen-bond acceptors (Lipinski definition) is 6. The Balaban J connectivity index is 0.000000470. The van der Waals surface area contributed by atoms with E-state index >= 15 is 0 Å². The maximum atomic E-state index is 10.8. The van der Waals surface area contributed by atoms with E-state index in [1.54, 1.807) is 19.2 Å². The van der Waals surface area contributed by atoms with E-state index in [0.717, 1.165) is 18.4 Å². The molecule has 1 aromatic rings. The summed E-state index contributed by atoms with van der Waals surface area (Å²) in [5, 5.41) is 11.0. The lowest BCUT2D eigenvalue weighted by Gasteiger charge is -2.09. The van der Waals surface area contributed by atoms with E-state index in [1.807, 2.05) is 6.07 Å². The van der Waals surface area contributed by atoms with E-state index in [0.29, 0.717) is 30.9 Å². The van der Waals surface area contributed by atoms with Crippen LogP contribution in [0.15, 0.2) is 18.2 Å². The van der Waals surface area contributed by atoms with Crippen molar-refractivity contribution in [3.05, 3.63) is 23.8 Å². The fourth-order valence-electron chi connectivity index (χ4n) is 1.83. The van der Waals surface area contributed by atoms with Gasteiger partial charge in [-0.05, 0) is 25.5 Å². The lowest BCUT2D eigenvalue weighted by atomic mass is 10.1. The molecule has 0 heterocycles. The highest BCUT2D eigenvalue weighted by molar-refractivity contribution is 5.88. The second-order valence-electron chi connectivity index (χ2n) is 5.14. The summed E-state index contributed by atoms with van der Waals surface area (Å²) < 4.78 is 5.13. The van der Waals surface area contributed by atoms with Crippen LogP contribution in [0.1, 0.15) is 31.7 Å². The van der Waals surface area contributed by atoms with E-state index in [9.17, 15) is 9.59 Å². The molecule has 8 nitrogen and oxygen atoms in total. The number of amides is 1. The molecular weight excluding hydrogens is 312 g/mol. The number of ether oxygens (including phenoxy) is 1. The smallest absolute Gasteiger partial charge is 0.320 e. The molecule has 1 aromatic carbocycles. The maximum absolute atomic E-state index is 10.8. The molecule has 0 radical (unpaired) electrons. The Morgan fingerprint density at radius 1 is 1.29 bits per heavy atom. The lowest BCUT2D eigenvalue weighted by molar-refractivity contribution is -0.138. The highest BCUT2D eigenvalue weighted by atomic mass is 16.5. The minimum atomic E-state index is -0.933. The summed E-state index contributed by atoms with van der Waals surface area (Å²) >= 11 is 0. The number of benzene rings is 1. The van der Waals surface area contributed by atoms with Crippen molar-refractivity contribution in [1.82, 2.24) is 0 Å². The van der Waals surface area contributed by atoms with Crippen molar-refractivity contribution >= 4 is 17.6 Å². The Bertz CT molecular complexity index is 523. The predicted octanol–water partition coefficient (Wildman–Crippen LogP) is 0.640. The molecule has 1 amide bonds. The highest BCUT2D eigenvalue weighted by Gasteiger charge is 2.09. The Hall–Kier alpha value is -2.16. The van der Waals surface area contributed by atoms with Crippen LogP contribution in [0, 0.1) is 0 Å². The first-order valence-electron chi connectivity index (χ1n) is 7.68. The number of aliphatic carboxylic acids is 1. The normalized spacial score (nSPS) is 11.0. The summed E-state index contributed by atoms with van der Waals surface area (Å²) in [6.45, 7) is 2.49. The van der Waals surface area contributed by atoms with Crippen molar-refractivity contribution in [3.63, 3.8) is 0 Å². The van der Waals surface area contributed by atoms with Gasteiger partial charge in [-0.1, -0.05) is 12.5 Å². The van der Waals surface area contributed by atoms with Crippen molar-refractivity contribution in [2.75, 3.05) is 19.0 Å². The van der Waals surface area contributed by atoms with Gasteiger partial charge in [-0.3, -0.25) is 9.59 Å². The van der Waals surface area contributed by atoms with Crippen molar-refractivity contribution in [1.29, 1.82) is 0 Å². The van der Waals surface area contributed by atoms with Gasteiger partial charge in [0.1, 0.15) is 11.8 Å². The van der Waals surface area contributed by atoms with Gasteiger partial charge in [0.2, 0.25) is 5.91 Å². The minimum Gasteiger partial charge on any atom is -0.496 e. The molecule has 0 aliphatic rings. The van der Waals surface area contributed by atoms with E-state index in [1.165, 1.54) is 6.92 Å². The second kappa shape index (κ2) is 12.3. The van der Waals surface area contributed by atoms with Crippen molar-refractivity contribution < 1.29 is 19.4 Å². The van der Waals surface area contributed by atoms with Crippen LogP contribution in [0.3, 0.4) is 0 Å². The van der Waals surface area contributed by atoms with Gasteiger partial charge in [0.05, 0.1) is 7.11 Å². The SMILES string of the molecule is COc1cc(NC(C)=O)ccc1CN.NCCCC[C@H](N)C(=O)O. The summed E-state index contributed by atoms with van der Waals surface area (Å²) in [5.74, 6) is -0.344. The largest absolute Gasteiger partial charge is 0.496 e. The first kappa shape index (κ1) is 21.8. The van der Waals surface area contributed by atoms with Crippen LogP contribution in [0.4, 0.5) is 5.69 Å². The number of nitrogens with two attached hydrogens (primary N) is 3. The van der Waals surface area contributed by atoms with Gasteiger partial charge in [0.25, 0.3) is 0 Å². The van der Waals surface area contributed by atoms with Gasteiger partial charge in [-0.15, -0.1) is 0 Å². The molecule has 0 fully saturated rings. The van der Waals surface area contributed by atoms with Crippen molar-refractivity contribution in [3.8, 4) is 5.75 Å². The average molecular weight is 340 g/mol. The number of hydrogen-bond donors (Lipinski definition) is 5. The number of anilines is 1. The lowest BCUT2D eigenvalue weighted by Crippen LogP contribution is -2.29. The molecule has 0 saturated carbocycles. The average Bonchev–Trinajstić information content (AvgIpc) is 2.54. The molecule has 8 heteroatoms. The molecule has 1 rings (SSSR count). The molecule has 0 aliphatic heterocycles. The van der Waals surface area contributed by atoms with Gasteiger partial charge in [0.15, 0.2) is 0 Å². The number of rotatable bonds is 8. The molecule has 24 heavy (non-hydrogen) atoms. The first-order valence-corrected chi connectivity index (χ1v) is 7.68. The molecular formula is C16H28N4O4. The third-order valence-corrected chi connectivity index (χ3v) is 3.11. The van der Waals surface area contributed by atoms with Gasteiger partial charge in [-0.2, -0.15) is 0 Å². The summed E-state index contributed by atoms with van der Waals surface area (Å²) in [6, 6.07) is 4.67. The van der Waals surface area contributed by atoms with Crippen LogP contribution < -0.4 is 27.3 Å². The van der Waals surface area contributed by atoms with Gasteiger partial charge in [-0.25, -0.2) is 0 Å². The van der Waals surface area contributed by atoms with Crippen molar-refractivity contribution in [2.45, 2.75) is 38.8 Å². The summed E-state index contributed by atoms with van der Waals surface area (Å²) in [5.41, 5.74) is 17.6. The summed E-state index contributed by atoms with van der Waals surface area (Å²) in [4.78, 5) is 20.9. The van der Waals surface area contributed by atoms with E-state index < -0.39 is 12.0 Å². The topological polar surface area (TPSA) is 154 Å². The van der Waals surface area contributed by atoms with Crippen LogP contribution in [-0.2, 0) is 16.1 Å². The molecule has 0 aliphatic carbocycles. The van der Waals surface area contributed by atoms with Crippen LogP contribution >= 0.6 is 0 Å². The zero-order chi connectivity index (χ0) is 18.5. The second-order valence-corrected chi connectivity index (χ2v) is 5.14. The number of carboxylic acids is 1. The number of carbonyl (C=O) groups excluding carboxylic acids is 1. The van der Waals surface area contributed by atoms with Crippen molar-refractivity contribution in [2.24, 2.45) is 17.2 Å². The minimum absolute atomic E-state index is 0.104. The first-order chi connectivity index (χ1) is 11.3. The van der Waals surface area contributed by atoms with Crippen LogP contribution in [-0.4, -0.2) is 36.7 Å². The van der Waals surface area contributed by atoms with E-state index in [-0.39, 0.29) is 5.91 Å². The number of unbranched alkanes of at least 4 members (excludes halogenated alkanes) is 1. The van der Waals surface area contributed by atoms with Crippen LogP contribution in [0.2, 0.25) is 0 Å². The standard InChI is InChI=1S/C10H14N2O2.C6H14N2O2/c1-7(13)12-9-4-3-8(6-11)10(5-9)14-2;7-4-2-1-3-5(8)6(9)10/h3-5H,6,11H2,1-2H3,(H,12,13);5H,1-4,7-8H2,(H,9,10)/t;5-/m.0/s1. The number of carbonyl (C=O) groups is 2. The molecule has 0 spiro atoms. The number of methoxy groups -OCH3 is 1. The zero-order valence-corrected chi connectivity index (χ0v) is 14.2. The highest BCUT2D eigenvalue weighted by Crippen LogP contribution is 2.22. The summed E-state index contributed by atoms with van der Waals surface area (Å²) in [7, 11) is 1.58. The van der Waals surface area contributed by atoms with E-state index in [2.05, 4.69) is 5.32 Å². The quantitative estimate of drug-likeness (QED) is 0.435. The third kappa shape index (κ3) is 9.09. The van der Waals surface area contributed by atoms with E-state index in [4.69, 9.17) is 27.0 Å². The third-order valence-electron chi connectivity index (χ3n) is 3.11. The Morgan fingerprint density at radius 2 is 1.96 bits per heavy atom. The molecule has 0 aromatic heterocycles. The van der Waals surface area contributed by atoms with Gasteiger partial charge in [0, 0.05) is 30.8 Å². The number of carboxylic acid groups (broad SMARTS) is 1. The van der Waals surface area contributed by atoms with Gasteiger partial charge >= 0.3 is 5.97 Å². The maximum Gasteiger partial charge on any atom is 0.320 e. The zero-order valence-electron chi connectivity index (χ0n) is 14.2. The summed E-state index contributed by atoms with van der Waals surface area (Å²) in [6.07, 6.45) is 2.16. The number of nitrogens with one attached hydrogen (secondary N) is 1. The Kier molecular flexibility index (Phi) is 11.2. The molecule has 136 valence electrons. The molecule has 1 atom stereocenters. The van der Waals surface area contributed by atoms with Gasteiger partial charge < -0.3 is 32.4 Å². The fourth-order valence-corrected chi connectivity index (χ4v) is 1.83. The molecule has 0 bridgehead atoms. The van der Waals surface area contributed by atoms with Crippen LogP contribution in [0.25, 0.3) is 0 Å². The monoisotopic (exact) mass is 340 g/mol. The molecule has 8 N–H and O–H groups in total. The Morgan fingerprint density at radius 3 is 2.42 bits per heavy atom. The molecule has 0 unspecified atom stereocenters.